The molecule has 0 amide bonds. The number of rotatable bonds is 6. The number of nitrogens with two attached hydrogens (primary N) is 1. The van der Waals surface area contributed by atoms with Crippen LogP contribution in [0.4, 0.5) is 0 Å². The van der Waals surface area contributed by atoms with Gasteiger partial charge in [0, 0.05) is 5.75 Å². The van der Waals surface area contributed by atoms with E-state index in [2.05, 4.69) is 0 Å². The number of hydrogen-bond donors (Lipinski definition) is 2. The number of carbonyl (C=O) groups is 1. The molecule has 0 aliphatic carbocycles. The van der Waals surface area contributed by atoms with Crippen molar-refractivity contribution in [2.24, 2.45) is 5.73 Å². The molecule has 6 nitrogen and oxygen atoms in total. The van der Waals surface area contributed by atoms with Crippen LogP contribution in [0, 0.1) is 0 Å². The molecule has 1 aromatic carbocycles. The van der Waals surface area contributed by atoms with Crippen molar-refractivity contribution in [2.45, 2.75) is 24.8 Å². The zero-order valence-electron chi connectivity index (χ0n) is 10.4. The third-order valence-electron chi connectivity index (χ3n) is 2.50. The summed E-state index contributed by atoms with van der Waals surface area (Å²) in [7, 11) is 0. The van der Waals surface area contributed by atoms with E-state index in [1.54, 1.807) is 19.1 Å². The van der Waals surface area contributed by atoms with E-state index in [-0.39, 0.29) is 12.4 Å². The molecule has 0 spiro atoms. The highest BCUT2D eigenvalue weighted by Gasteiger charge is 2.25. The first kappa shape index (κ1) is 15.8. The molecule has 7 heteroatoms. The number of ether oxygens (including phenoxy) is 1. The third kappa shape index (κ3) is 4.71. The molecule has 3 N–H and O–H groups in total. The number of aliphatic hydroxyl groups is 1. The van der Waals surface area contributed by atoms with Gasteiger partial charge < -0.3 is 20.1 Å². The average Bonchev–Trinajstić information content (AvgIpc) is 2.37. The van der Waals surface area contributed by atoms with E-state index >= 15 is 0 Å². The van der Waals surface area contributed by atoms with Crippen LogP contribution in [0.2, 0.25) is 0 Å². The number of benzene rings is 1. The maximum atomic E-state index is 11.4. The van der Waals surface area contributed by atoms with Gasteiger partial charge in [-0.15, -0.1) is 0 Å². The third-order valence-corrected chi connectivity index (χ3v) is 3.07. The van der Waals surface area contributed by atoms with Crippen LogP contribution in [0.15, 0.2) is 24.3 Å². The predicted molar refractivity (Wildman–Crippen MR) is 68.6 cm³/mol. The minimum Gasteiger partial charge on any atom is -0.772 e. The van der Waals surface area contributed by atoms with Crippen LogP contribution < -0.4 is 5.73 Å². The van der Waals surface area contributed by atoms with Gasteiger partial charge in [-0.3, -0.25) is 9.00 Å². The van der Waals surface area contributed by atoms with Crippen molar-refractivity contribution >= 4 is 17.0 Å². The summed E-state index contributed by atoms with van der Waals surface area (Å²) in [6, 6.07) is 5.02. The number of aliphatic hydroxyl groups excluding tert-OH is 1. The molecule has 1 aromatic rings. The van der Waals surface area contributed by atoms with E-state index in [9.17, 15) is 18.7 Å². The molecular formula is C12H16NO5S-. The van der Waals surface area contributed by atoms with Crippen molar-refractivity contribution in [2.75, 3.05) is 6.61 Å². The quantitative estimate of drug-likeness (QED) is 0.562. The zero-order valence-corrected chi connectivity index (χ0v) is 11.3. The van der Waals surface area contributed by atoms with Gasteiger partial charge in [0.25, 0.3) is 0 Å². The molecule has 0 aromatic heterocycles. The molecule has 106 valence electrons. The molecule has 0 aliphatic rings. The molecule has 0 fully saturated rings. The standard InChI is InChI=1S/C12H17NO5S/c1-2-18-12(15)10(13)11(14)9-5-3-8(4-6-9)7-19(16)17/h3-6,10-11,14H,2,7,13H2,1H3,(H,16,17)/p-1. The summed E-state index contributed by atoms with van der Waals surface area (Å²) in [5, 5.41) is 9.91. The largest absolute Gasteiger partial charge is 0.772 e. The zero-order chi connectivity index (χ0) is 14.4. The van der Waals surface area contributed by atoms with Gasteiger partial charge in [-0.25, -0.2) is 0 Å². The van der Waals surface area contributed by atoms with Crippen molar-refractivity contribution in [3.63, 3.8) is 0 Å². The Morgan fingerprint density at radius 1 is 1.47 bits per heavy atom. The van der Waals surface area contributed by atoms with Gasteiger partial charge in [0.15, 0.2) is 0 Å². The first-order valence-electron chi connectivity index (χ1n) is 5.70. The Labute approximate surface area is 113 Å². The fourth-order valence-electron chi connectivity index (χ4n) is 1.52. The molecule has 0 saturated carbocycles. The highest BCUT2D eigenvalue weighted by Crippen LogP contribution is 2.17. The van der Waals surface area contributed by atoms with E-state index in [0.717, 1.165) is 0 Å². The highest BCUT2D eigenvalue weighted by atomic mass is 32.2. The second kappa shape index (κ2) is 7.34. The fourth-order valence-corrected chi connectivity index (χ4v) is 1.99. The molecule has 19 heavy (non-hydrogen) atoms. The lowest BCUT2D eigenvalue weighted by molar-refractivity contribution is -0.147. The van der Waals surface area contributed by atoms with Gasteiger partial charge in [-0.1, -0.05) is 35.3 Å². The molecule has 3 unspecified atom stereocenters. The number of hydrogen-bond acceptors (Lipinski definition) is 6. The predicted octanol–water partition coefficient (Wildman–Crippen LogP) is -0.0105. The van der Waals surface area contributed by atoms with E-state index in [4.69, 9.17) is 10.5 Å². The number of esters is 1. The minimum atomic E-state index is -2.16. The van der Waals surface area contributed by atoms with Crippen molar-refractivity contribution in [3.05, 3.63) is 35.4 Å². The Morgan fingerprint density at radius 3 is 2.53 bits per heavy atom. The van der Waals surface area contributed by atoms with Gasteiger partial charge in [-0.2, -0.15) is 0 Å². The lowest BCUT2D eigenvalue weighted by atomic mass is 10.0. The minimum absolute atomic E-state index is 0.0969. The number of carbonyl (C=O) groups excluding carboxylic acids is 1. The van der Waals surface area contributed by atoms with E-state index in [1.165, 1.54) is 12.1 Å². The Morgan fingerprint density at radius 2 is 2.05 bits per heavy atom. The topological polar surface area (TPSA) is 113 Å². The molecular weight excluding hydrogens is 270 g/mol. The maximum absolute atomic E-state index is 11.4. The van der Waals surface area contributed by atoms with Gasteiger partial charge >= 0.3 is 5.97 Å². The van der Waals surface area contributed by atoms with E-state index in [0.29, 0.717) is 11.1 Å². The van der Waals surface area contributed by atoms with Crippen LogP contribution in [0.3, 0.4) is 0 Å². The highest BCUT2D eigenvalue weighted by molar-refractivity contribution is 7.78. The van der Waals surface area contributed by atoms with Crippen molar-refractivity contribution in [1.82, 2.24) is 0 Å². The normalized spacial score (nSPS) is 15.6. The van der Waals surface area contributed by atoms with Crippen LogP contribution in [0.1, 0.15) is 24.2 Å². The van der Waals surface area contributed by atoms with Crippen LogP contribution in [0.5, 0.6) is 0 Å². The SMILES string of the molecule is CCOC(=O)C(N)C(O)c1ccc(CS(=O)[O-])cc1. The Bertz CT molecular complexity index is 448. The van der Waals surface area contributed by atoms with Crippen molar-refractivity contribution < 1.29 is 23.4 Å². The molecule has 1 rings (SSSR count). The molecule has 0 heterocycles. The van der Waals surface area contributed by atoms with Gasteiger partial charge in [0.05, 0.1) is 6.61 Å². The van der Waals surface area contributed by atoms with Crippen LogP contribution in [-0.2, 0) is 26.4 Å². The summed E-state index contributed by atoms with van der Waals surface area (Å²) in [4.78, 5) is 11.4. The summed E-state index contributed by atoms with van der Waals surface area (Å²) >= 11 is -2.16. The van der Waals surface area contributed by atoms with Gasteiger partial charge in [0.2, 0.25) is 0 Å². The molecule has 0 saturated heterocycles. The fraction of sp³-hybridized carbons (Fsp3) is 0.417. The molecule has 0 aliphatic heterocycles. The summed E-state index contributed by atoms with van der Waals surface area (Å²) < 4.78 is 25.8. The van der Waals surface area contributed by atoms with Crippen molar-refractivity contribution in [1.29, 1.82) is 0 Å². The smallest absolute Gasteiger partial charge is 0.325 e. The molecule has 0 bridgehead atoms. The second-order valence-corrected chi connectivity index (χ2v) is 4.81. The first-order valence-corrected chi connectivity index (χ1v) is 6.95. The maximum Gasteiger partial charge on any atom is 0.325 e. The van der Waals surface area contributed by atoms with E-state index in [1.807, 2.05) is 0 Å². The Kier molecular flexibility index (Phi) is 6.10. The summed E-state index contributed by atoms with van der Waals surface area (Å²) in [5.74, 6) is -0.778. The second-order valence-electron chi connectivity index (χ2n) is 3.91. The monoisotopic (exact) mass is 286 g/mol. The Hall–Kier alpha value is -1.28. The van der Waals surface area contributed by atoms with Crippen LogP contribution in [0.25, 0.3) is 0 Å². The van der Waals surface area contributed by atoms with Gasteiger partial charge in [0.1, 0.15) is 12.1 Å². The first-order chi connectivity index (χ1) is 8.95. The lowest BCUT2D eigenvalue weighted by Gasteiger charge is -2.18. The average molecular weight is 286 g/mol. The molecule has 3 atom stereocenters. The summed E-state index contributed by atoms with van der Waals surface area (Å²) in [5.41, 5.74) is 6.60. The Balaban J connectivity index is 2.74. The van der Waals surface area contributed by atoms with Crippen molar-refractivity contribution in [3.8, 4) is 0 Å². The lowest BCUT2D eigenvalue weighted by Crippen LogP contribution is -2.38. The van der Waals surface area contributed by atoms with Crippen LogP contribution >= 0.6 is 0 Å². The summed E-state index contributed by atoms with van der Waals surface area (Å²) in [6.07, 6.45) is -1.19. The molecule has 0 radical (unpaired) electrons. The van der Waals surface area contributed by atoms with Crippen LogP contribution in [-0.4, -0.2) is 32.5 Å². The van der Waals surface area contributed by atoms with E-state index < -0.39 is 29.2 Å². The van der Waals surface area contributed by atoms with Gasteiger partial charge in [-0.05, 0) is 18.1 Å². The summed E-state index contributed by atoms with van der Waals surface area (Å²) in [6.45, 7) is 1.84.